The minimum atomic E-state index is -3.38. The number of hydrogen-bond acceptors (Lipinski definition) is 3. The summed E-state index contributed by atoms with van der Waals surface area (Å²) in [5, 5.41) is 0. The fourth-order valence-electron chi connectivity index (χ4n) is 1.93. The fraction of sp³-hybridized carbons (Fsp3) is 0.455. The Bertz CT molecular complexity index is 483. The predicted octanol–water partition coefficient (Wildman–Crippen LogP) is 2.84. The van der Waals surface area contributed by atoms with Gasteiger partial charge in [-0.25, -0.2) is 8.42 Å². The zero-order valence-corrected chi connectivity index (χ0v) is 11.2. The Morgan fingerprint density at radius 3 is 2.94 bits per heavy atom. The molecule has 88 valence electrons. The lowest BCUT2D eigenvalue weighted by molar-refractivity contribution is 0.608. The number of benzene rings is 1. The Hall–Kier alpha value is -0.190. The number of aryl methyl sites for hydroxylation is 1. The molecule has 0 amide bonds. The summed E-state index contributed by atoms with van der Waals surface area (Å²) in [7, 11) is 1.85. The van der Waals surface area contributed by atoms with Crippen molar-refractivity contribution in [3.63, 3.8) is 0 Å². The molecule has 1 heterocycles. The van der Waals surface area contributed by atoms with Crippen molar-refractivity contribution in [2.24, 2.45) is 0 Å². The van der Waals surface area contributed by atoms with E-state index in [1.54, 1.807) is 0 Å². The molecule has 0 unspecified atom stereocenters. The van der Waals surface area contributed by atoms with Crippen molar-refractivity contribution in [1.82, 2.24) is 0 Å². The van der Waals surface area contributed by atoms with Gasteiger partial charge in [0.1, 0.15) is 0 Å². The highest BCUT2D eigenvalue weighted by Gasteiger charge is 2.14. The SMILES string of the molecule is O=S(=O)(Cl)CCc1cccc2c1CCCS2. The third kappa shape index (κ3) is 3.15. The molecule has 0 atom stereocenters. The van der Waals surface area contributed by atoms with Crippen LogP contribution in [0.3, 0.4) is 0 Å². The summed E-state index contributed by atoms with van der Waals surface area (Å²) in [5.41, 5.74) is 2.45. The lowest BCUT2D eigenvalue weighted by atomic mass is 10.0. The molecule has 16 heavy (non-hydrogen) atoms. The van der Waals surface area contributed by atoms with E-state index in [9.17, 15) is 8.42 Å². The van der Waals surface area contributed by atoms with Crippen molar-refractivity contribution in [3.05, 3.63) is 29.3 Å². The molecule has 0 bridgehead atoms. The van der Waals surface area contributed by atoms with Gasteiger partial charge in [-0.1, -0.05) is 12.1 Å². The normalized spacial score (nSPS) is 15.8. The van der Waals surface area contributed by atoms with Gasteiger partial charge in [-0.2, -0.15) is 0 Å². The molecule has 0 radical (unpaired) electrons. The zero-order valence-electron chi connectivity index (χ0n) is 8.78. The Morgan fingerprint density at radius 1 is 1.38 bits per heavy atom. The molecular weight excluding hydrogens is 264 g/mol. The highest BCUT2D eigenvalue weighted by Crippen LogP contribution is 2.32. The van der Waals surface area contributed by atoms with Crippen LogP contribution in [0.4, 0.5) is 0 Å². The van der Waals surface area contributed by atoms with Gasteiger partial charge in [-0.05, 0) is 42.2 Å². The monoisotopic (exact) mass is 276 g/mol. The van der Waals surface area contributed by atoms with Crippen LogP contribution in [-0.4, -0.2) is 19.9 Å². The predicted molar refractivity (Wildman–Crippen MR) is 68.8 cm³/mol. The highest BCUT2D eigenvalue weighted by atomic mass is 35.7. The first-order valence-electron chi connectivity index (χ1n) is 5.22. The van der Waals surface area contributed by atoms with Crippen LogP contribution in [0.5, 0.6) is 0 Å². The summed E-state index contributed by atoms with van der Waals surface area (Å²) in [4.78, 5) is 1.30. The standard InChI is InChI=1S/C11H13ClO2S2/c12-16(13,14)8-6-9-3-1-5-11-10(9)4-2-7-15-11/h1,3,5H,2,4,6-8H2. The molecule has 0 fully saturated rings. The Labute approximate surface area is 105 Å². The fourth-order valence-corrected chi connectivity index (χ4v) is 3.71. The smallest absolute Gasteiger partial charge is 0.212 e. The van der Waals surface area contributed by atoms with Gasteiger partial charge in [0.25, 0.3) is 0 Å². The van der Waals surface area contributed by atoms with Crippen molar-refractivity contribution < 1.29 is 8.42 Å². The van der Waals surface area contributed by atoms with Crippen LogP contribution in [0.1, 0.15) is 17.5 Å². The first-order chi connectivity index (χ1) is 7.56. The molecule has 1 aliphatic heterocycles. The molecule has 5 heteroatoms. The van der Waals surface area contributed by atoms with Crippen LogP contribution in [0.25, 0.3) is 0 Å². The van der Waals surface area contributed by atoms with Crippen molar-refractivity contribution in [1.29, 1.82) is 0 Å². The summed E-state index contributed by atoms with van der Waals surface area (Å²) >= 11 is 1.85. The van der Waals surface area contributed by atoms with Crippen molar-refractivity contribution in [2.45, 2.75) is 24.2 Å². The van der Waals surface area contributed by atoms with Gasteiger partial charge in [0.2, 0.25) is 9.05 Å². The van der Waals surface area contributed by atoms with Crippen LogP contribution in [0.2, 0.25) is 0 Å². The van der Waals surface area contributed by atoms with Crippen molar-refractivity contribution in [2.75, 3.05) is 11.5 Å². The minimum Gasteiger partial charge on any atom is -0.212 e. The number of hydrogen-bond donors (Lipinski definition) is 0. The van der Waals surface area contributed by atoms with E-state index in [2.05, 4.69) is 6.07 Å². The molecule has 0 spiro atoms. The molecule has 0 aliphatic carbocycles. The third-order valence-electron chi connectivity index (χ3n) is 2.67. The second-order valence-corrected chi connectivity index (χ2v) is 7.87. The minimum absolute atomic E-state index is 0.0235. The largest absolute Gasteiger partial charge is 0.232 e. The maximum Gasteiger partial charge on any atom is 0.232 e. The second kappa shape index (κ2) is 4.98. The average molecular weight is 277 g/mol. The first kappa shape index (κ1) is 12.3. The lowest BCUT2D eigenvalue weighted by Crippen LogP contribution is -2.07. The van der Waals surface area contributed by atoms with Crippen LogP contribution in [0.15, 0.2) is 23.1 Å². The van der Waals surface area contributed by atoms with Gasteiger partial charge in [0.05, 0.1) is 5.75 Å². The van der Waals surface area contributed by atoms with Gasteiger partial charge in [0, 0.05) is 15.6 Å². The van der Waals surface area contributed by atoms with Gasteiger partial charge in [-0.15, -0.1) is 11.8 Å². The van der Waals surface area contributed by atoms with E-state index in [0.29, 0.717) is 6.42 Å². The molecule has 0 aromatic heterocycles. The Balaban J connectivity index is 2.21. The van der Waals surface area contributed by atoms with E-state index < -0.39 is 9.05 Å². The Morgan fingerprint density at radius 2 is 2.19 bits per heavy atom. The molecule has 0 saturated heterocycles. The second-order valence-electron chi connectivity index (χ2n) is 3.84. The van der Waals surface area contributed by atoms with Crippen LogP contribution in [-0.2, 0) is 21.9 Å². The quantitative estimate of drug-likeness (QED) is 0.796. The Kier molecular flexibility index (Phi) is 3.82. The molecule has 0 N–H and O–H groups in total. The van der Waals surface area contributed by atoms with E-state index >= 15 is 0 Å². The third-order valence-corrected chi connectivity index (χ3v) is 5.01. The number of halogens is 1. The van der Waals surface area contributed by atoms with Crippen molar-refractivity contribution >= 4 is 31.5 Å². The summed E-state index contributed by atoms with van der Waals surface area (Å²) in [6.45, 7) is 0. The van der Waals surface area contributed by atoms with Crippen LogP contribution in [0, 0.1) is 0 Å². The van der Waals surface area contributed by atoms with E-state index in [0.717, 1.165) is 17.7 Å². The molecule has 1 aromatic carbocycles. The van der Waals surface area contributed by atoms with Crippen molar-refractivity contribution in [3.8, 4) is 0 Å². The number of fused-ring (bicyclic) bond motifs is 1. The van der Waals surface area contributed by atoms with E-state index in [1.807, 2.05) is 23.9 Å². The topological polar surface area (TPSA) is 34.1 Å². The summed E-state index contributed by atoms with van der Waals surface area (Å²) in [5.74, 6) is 1.18. The van der Waals surface area contributed by atoms with E-state index in [1.165, 1.54) is 16.9 Å². The van der Waals surface area contributed by atoms with Gasteiger partial charge < -0.3 is 0 Å². The maximum absolute atomic E-state index is 10.9. The van der Waals surface area contributed by atoms with Gasteiger partial charge >= 0.3 is 0 Å². The van der Waals surface area contributed by atoms with E-state index in [-0.39, 0.29) is 5.75 Å². The highest BCUT2D eigenvalue weighted by molar-refractivity contribution is 8.13. The summed E-state index contributed by atoms with van der Waals surface area (Å²) in [6, 6.07) is 6.11. The van der Waals surface area contributed by atoms with Gasteiger partial charge in [0.15, 0.2) is 0 Å². The van der Waals surface area contributed by atoms with Crippen LogP contribution >= 0.6 is 22.4 Å². The zero-order chi connectivity index (χ0) is 11.6. The maximum atomic E-state index is 10.9. The molecule has 1 aromatic rings. The molecule has 1 aliphatic rings. The molecular formula is C11H13ClO2S2. The average Bonchev–Trinajstić information content (AvgIpc) is 2.25. The summed E-state index contributed by atoms with van der Waals surface area (Å²) < 4.78 is 21.9. The summed E-state index contributed by atoms with van der Waals surface area (Å²) in [6.07, 6.45) is 2.75. The first-order valence-corrected chi connectivity index (χ1v) is 8.68. The molecule has 2 nitrogen and oxygen atoms in total. The van der Waals surface area contributed by atoms with E-state index in [4.69, 9.17) is 10.7 Å². The van der Waals surface area contributed by atoms with Gasteiger partial charge in [-0.3, -0.25) is 0 Å². The molecule has 0 saturated carbocycles. The van der Waals surface area contributed by atoms with Crippen LogP contribution < -0.4 is 0 Å². The number of thioether (sulfide) groups is 1. The lowest BCUT2D eigenvalue weighted by Gasteiger charge is -2.18. The number of rotatable bonds is 3. The molecule has 2 rings (SSSR count).